The lowest BCUT2D eigenvalue weighted by Gasteiger charge is -2.18. The van der Waals surface area contributed by atoms with Crippen LogP contribution in [0.2, 0.25) is 0 Å². The van der Waals surface area contributed by atoms with Gasteiger partial charge in [0.2, 0.25) is 5.91 Å². The van der Waals surface area contributed by atoms with Crippen LogP contribution in [0.5, 0.6) is 0 Å². The van der Waals surface area contributed by atoms with Crippen LogP contribution < -0.4 is 10.6 Å². The minimum Gasteiger partial charge on any atom is -0.464 e. The maximum absolute atomic E-state index is 12.5. The molecular weight excluding hydrogens is 496 g/mol. The molecule has 8 nitrogen and oxygen atoms in total. The minimum absolute atomic E-state index is 0.0657. The zero-order valence-corrected chi connectivity index (χ0v) is 22.1. The zero-order chi connectivity index (χ0) is 27.5. The minimum atomic E-state index is -0.861. The van der Waals surface area contributed by atoms with Crippen molar-refractivity contribution in [3.8, 4) is 11.1 Å². The Bertz CT molecular complexity index is 1220. The number of alkyl carbamates (subject to hydrolysis) is 1. The van der Waals surface area contributed by atoms with E-state index in [9.17, 15) is 14.4 Å². The van der Waals surface area contributed by atoms with Crippen LogP contribution in [-0.4, -0.2) is 50.6 Å². The van der Waals surface area contributed by atoms with E-state index in [4.69, 9.17) is 14.2 Å². The molecule has 0 aromatic heterocycles. The maximum Gasteiger partial charge on any atom is 0.407 e. The number of fused-ring (bicyclic) bond motifs is 3. The van der Waals surface area contributed by atoms with E-state index in [1.807, 2.05) is 73.7 Å². The lowest BCUT2D eigenvalue weighted by atomic mass is 9.98. The average molecular weight is 531 g/mol. The van der Waals surface area contributed by atoms with E-state index >= 15 is 0 Å². The normalized spacial score (nSPS) is 12.6. The molecule has 0 saturated carbocycles. The van der Waals surface area contributed by atoms with Crippen LogP contribution in [0.3, 0.4) is 0 Å². The molecule has 0 heterocycles. The topological polar surface area (TPSA) is 103 Å². The number of ether oxygens (including phenoxy) is 3. The highest BCUT2D eigenvalue weighted by molar-refractivity contribution is 5.82. The van der Waals surface area contributed by atoms with Crippen LogP contribution in [0.4, 0.5) is 4.79 Å². The number of esters is 1. The van der Waals surface area contributed by atoms with Crippen molar-refractivity contribution in [3.05, 3.63) is 95.6 Å². The van der Waals surface area contributed by atoms with Gasteiger partial charge in [0.25, 0.3) is 0 Å². The second-order valence-electron chi connectivity index (χ2n) is 9.29. The first-order valence-electron chi connectivity index (χ1n) is 13.2. The number of hydrogen-bond acceptors (Lipinski definition) is 6. The van der Waals surface area contributed by atoms with Gasteiger partial charge in [0.15, 0.2) is 6.10 Å². The Labute approximate surface area is 228 Å². The summed E-state index contributed by atoms with van der Waals surface area (Å²) in [4.78, 5) is 37.1. The summed E-state index contributed by atoms with van der Waals surface area (Å²) in [6.45, 7) is 2.00. The molecule has 0 saturated heterocycles. The van der Waals surface area contributed by atoms with Gasteiger partial charge >= 0.3 is 12.1 Å². The van der Waals surface area contributed by atoms with E-state index in [2.05, 4.69) is 22.8 Å². The molecule has 1 aliphatic carbocycles. The van der Waals surface area contributed by atoms with Gasteiger partial charge in [-0.3, -0.25) is 4.79 Å². The van der Waals surface area contributed by atoms with Gasteiger partial charge in [-0.05, 0) is 34.2 Å². The highest BCUT2D eigenvalue weighted by atomic mass is 16.6. The number of hydrogen-bond donors (Lipinski definition) is 2. The van der Waals surface area contributed by atoms with Gasteiger partial charge < -0.3 is 24.8 Å². The fourth-order valence-electron chi connectivity index (χ4n) is 4.54. The van der Waals surface area contributed by atoms with Crippen molar-refractivity contribution in [1.82, 2.24) is 10.6 Å². The number of nitrogens with one attached hydrogen (secondary N) is 2. The number of carbonyl (C=O) groups excluding carboxylic acids is 3. The van der Waals surface area contributed by atoms with Crippen LogP contribution in [-0.2, 0) is 30.2 Å². The lowest BCUT2D eigenvalue weighted by Crippen LogP contribution is -2.40. The highest BCUT2D eigenvalue weighted by Crippen LogP contribution is 2.44. The molecule has 204 valence electrons. The first-order chi connectivity index (χ1) is 19.1. The molecule has 3 aromatic rings. The molecular formula is C31H34N2O6. The molecule has 0 spiro atoms. The van der Waals surface area contributed by atoms with Crippen LogP contribution >= 0.6 is 0 Å². The fraction of sp³-hybridized carbons (Fsp3) is 0.323. The van der Waals surface area contributed by atoms with Crippen LogP contribution in [0.25, 0.3) is 11.1 Å². The molecule has 2 N–H and O–H groups in total. The smallest absolute Gasteiger partial charge is 0.407 e. The average Bonchev–Trinajstić information content (AvgIpc) is 3.28. The molecule has 4 rings (SSSR count). The number of rotatable bonds is 13. The Balaban J connectivity index is 1.21. The SMILES string of the molecule is CCCCOC(=O)C(Cc1ccccc1)OCNC(=O)CNC(=O)OCC1c2ccccc2-c2ccccc21. The third-order valence-electron chi connectivity index (χ3n) is 6.56. The number of benzene rings is 3. The summed E-state index contributed by atoms with van der Waals surface area (Å²) in [6, 6.07) is 25.6. The van der Waals surface area contributed by atoms with E-state index in [1.54, 1.807) is 0 Å². The monoisotopic (exact) mass is 530 g/mol. The number of carbonyl (C=O) groups is 3. The molecule has 1 aliphatic rings. The summed E-state index contributed by atoms with van der Waals surface area (Å²) in [5.41, 5.74) is 5.42. The van der Waals surface area contributed by atoms with E-state index in [0.717, 1.165) is 40.7 Å². The first kappa shape index (κ1) is 27.9. The third kappa shape index (κ3) is 7.67. The third-order valence-corrected chi connectivity index (χ3v) is 6.56. The van der Waals surface area contributed by atoms with Crippen molar-refractivity contribution in [2.45, 2.75) is 38.2 Å². The predicted octanol–water partition coefficient (Wildman–Crippen LogP) is 4.57. The molecule has 1 atom stereocenters. The van der Waals surface area contributed by atoms with Gasteiger partial charge in [-0.2, -0.15) is 0 Å². The Morgan fingerprint density at radius 1 is 0.821 bits per heavy atom. The summed E-state index contributed by atoms with van der Waals surface area (Å²) in [7, 11) is 0. The van der Waals surface area contributed by atoms with Gasteiger partial charge in [-0.25, -0.2) is 9.59 Å². The quantitative estimate of drug-likeness (QED) is 0.191. The van der Waals surface area contributed by atoms with Gasteiger partial charge in [0, 0.05) is 12.3 Å². The van der Waals surface area contributed by atoms with E-state index in [1.165, 1.54) is 0 Å². The van der Waals surface area contributed by atoms with Gasteiger partial charge in [-0.15, -0.1) is 0 Å². The van der Waals surface area contributed by atoms with Crippen molar-refractivity contribution in [2.75, 3.05) is 26.5 Å². The number of unbranched alkanes of at least 4 members (excludes halogenated alkanes) is 1. The second kappa shape index (κ2) is 14.1. The maximum atomic E-state index is 12.5. The van der Waals surface area contributed by atoms with E-state index in [-0.39, 0.29) is 25.8 Å². The second-order valence-corrected chi connectivity index (χ2v) is 9.29. The van der Waals surface area contributed by atoms with Crippen molar-refractivity contribution in [1.29, 1.82) is 0 Å². The van der Waals surface area contributed by atoms with Gasteiger partial charge in [-0.1, -0.05) is 92.2 Å². The van der Waals surface area contributed by atoms with Crippen LogP contribution in [0, 0.1) is 0 Å². The molecule has 3 aromatic carbocycles. The molecule has 0 fully saturated rings. The summed E-state index contributed by atoms with van der Waals surface area (Å²) < 4.78 is 16.4. The van der Waals surface area contributed by atoms with Crippen LogP contribution in [0.15, 0.2) is 78.9 Å². The fourth-order valence-corrected chi connectivity index (χ4v) is 4.54. The molecule has 8 heteroatoms. The summed E-state index contributed by atoms with van der Waals surface area (Å²) in [5.74, 6) is -1.01. The first-order valence-corrected chi connectivity index (χ1v) is 13.2. The largest absolute Gasteiger partial charge is 0.464 e. The zero-order valence-electron chi connectivity index (χ0n) is 22.1. The molecule has 0 bridgehead atoms. The predicted molar refractivity (Wildman–Crippen MR) is 147 cm³/mol. The van der Waals surface area contributed by atoms with Crippen molar-refractivity contribution in [2.24, 2.45) is 0 Å². The number of amides is 2. The molecule has 0 aliphatic heterocycles. The van der Waals surface area contributed by atoms with Gasteiger partial charge in [0.1, 0.15) is 19.9 Å². The standard InChI is InChI=1S/C31H34N2O6/c1-2-3-17-37-30(35)28(18-22-11-5-4-6-12-22)39-21-33-29(34)19-32-31(36)38-20-27-25-15-9-7-13-23(25)24-14-8-10-16-26(24)27/h4-16,27-28H,2-3,17-21H2,1H3,(H,32,36)(H,33,34). The van der Waals surface area contributed by atoms with Gasteiger partial charge in [0.05, 0.1) is 6.61 Å². The Kier molecular flexibility index (Phi) is 10.1. The van der Waals surface area contributed by atoms with E-state index in [0.29, 0.717) is 13.0 Å². The highest BCUT2D eigenvalue weighted by Gasteiger charge is 2.29. The summed E-state index contributed by atoms with van der Waals surface area (Å²) in [5, 5.41) is 5.03. The van der Waals surface area contributed by atoms with Crippen molar-refractivity contribution in [3.63, 3.8) is 0 Å². The lowest BCUT2D eigenvalue weighted by molar-refractivity contribution is -0.158. The van der Waals surface area contributed by atoms with E-state index < -0.39 is 24.1 Å². The molecule has 2 amide bonds. The van der Waals surface area contributed by atoms with Crippen molar-refractivity contribution >= 4 is 18.0 Å². The molecule has 0 radical (unpaired) electrons. The summed E-state index contributed by atoms with van der Waals surface area (Å²) >= 11 is 0. The molecule has 39 heavy (non-hydrogen) atoms. The Morgan fingerprint density at radius 3 is 2.13 bits per heavy atom. The summed E-state index contributed by atoms with van der Waals surface area (Å²) in [6.07, 6.45) is 0.445. The Morgan fingerprint density at radius 2 is 1.46 bits per heavy atom. The Hall–Kier alpha value is -4.17. The van der Waals surface area contributed by atoms with Crippen LogP contribution in [0.1, 0.15) is 42.4 Å². The molecule has 1 unspecified atom stereocenters. The van der Waals surface area contributed by atoms with Crippen molar-refractivity contribution < 1.29 is 28.6 Å².